The summed E-state index contributed by atoms with van der Waals surface area (Å²) in [5.74, 6) is 0.568. The van der Waals surface area contributed by atoms with Crippen LogP contribution in [0.1, 0.15) is 16.0 Å². The smallest absolute Gasteiger partial charge is 0.241 e. The van der Waals surface area contributed by atoms with E-state index < -0.39 is 10.0 Å². The van der Waals surface area contributed by atoms with Gasteiger partial charge in [-0.15, -0.1) is 11.3 Å². The second kappa shape index (κ2) is 6.27. The summed E-state index contributed by atoms with van der Waals surface area (Å²) in [6.45, 7) is 4.04. The van der Waals surface area contributed by atoms with Gasteiger partial charge in [0, 0.05) is 17.5 Å². The molecule has 0 saturated carbocycles. The molecular formula is C16H16N2O3S2. The van der Waals surface area contributed by atoms with Gasteiger partial charge < -0.3 is 4.52 Å². The summed E-state index contributed by atoms with van der Waals surface area (Å²) in [5, 5.41) is 3.65. The monoisotopic (exact) mass is 348 g/mol. The number of hydrogen-bond donors (Lipinski definition) is 1. The highest BCUT2D eigenvalue weighted by Gasteiger charge is 2.21. The van der Waals surface area contributed by atoms with Crippen molar-refractivity contribution in [2.75, 3.05) is 0 Å². The van der Waals surface area contributed by atoms with Gasteiger partial charge in [-0.1, -0.05) is 35.0 Å². The summed E-state index contributed by atoms with van der Waals surface area (Å²) < 4.78 is 32.8. The Bertz CT molecular complexity index is 895. The third-order valence-electron chi connectivity index (χ3n) is 3.43. The molecule has 0 saturated heterocycles. The normalized spacial score (nSPS) is 11.7. The zero-order chi connectivity index (χ0) is 16.4. The van der Waals surface area contributed by atoms with Gasteiger partial charge in [-0.3, -0.25) is 0 Å². The number of benzene rings is 1. The number of nitrogens with zero attached hydrogens (tertiary/aromatic N) is 1. The average molecular weight is 348 g/mol. The fourth-order valence-corrected chi connectivity index (χ4v) is 4.72. The number of aryl methyl sites for hydroxylation is 2. The lowest BCUT2D eigenvalue weighted by Gasteiger charge is -2.06. The van der Waals surface area contributed by atoms with E-state index >= 15 is 0 Å². The average Bonchev–Trinajstić information content (AvgIpc) is 3.16. The van der Waals surface area contributed by atoms with E-state index in [0.717, 1.165) is 16.0 Å². The summed E-state index contributed by atoms with van der Waals surface area (Å²) in [6.07, 6.45) is 1.54. The fourth-order valence-electron chi connectivity index (χ4n) is 2.16. The summed E-state index contributed by atoms with van der Waals surface area (Å²) in [4.78, 5) is 1.74. The van der Waals surface area contributed by atoms with E-state index in [4.69, 9.17) is 4.52 Å². The van der Waals surface area contributed by atoms with Crippen molar-refractivity contribution < 1.29 is 12.9 Å². The van der Waals surface area contributed by atoms with Gasteiger partial charge in [0.2, 0.25) is 10.0 Å². The van der Waals surface area contributed by atoms with Gasteiger partial charge in [0.1, 0.15) is 0 Å². The molecule has 3 aromatic rings. The van der Waals surface area contributed by atoms with Gasteiger partial charge in [0.25, 0.3) is 0 Å². The van der Waals surface area contributed by atoms with Gasteiger partial charge in [0.05, 0.1) is 16.0 Å². The fraction of sp³-hybridized carbons (Fsp3) is 0.188. The molecule has 3 rings (SSSR count). The molecule has 23 heavy (non-hydrogen) atoms. The molecule has 0 atom stereocenters. The van der Waals surface area contributed by atoms with Crippen LogP contribution in [-0.4, -0.2) is 13.6 Å². The first kappa shape index (κ1) is 15.9. The van der Waals surface area contributed by atoms with Crippen molar-refractivity contribution >= 4 is 21.4 Å². The van der Waals surface area contributed by atoms with Crippen molar-refractivity contribution in [2.24, 2.45) is 0 Å². The Morgan fingerprint density at radius 2 is 1.91 bits per heavy atom. The Hall–Kier alpha value is -1.96. The highest BCUT2D eigenvalue weighted by atomic mass is 32.2. The van der Waals surface area contributed by atoms with Gasteiger partial charge in [-0.05, 0) is 25.5 Å². The number of sulfonamides is 1. The molecule has 0 amide bonds. The Kier molecular flexibility index (Phi) is 4.34. The van der Waals surface area contributed by atoms with Crippen LogP contribution in [0.5, 0.6) is 0 Å². The van der Waals surface area contributed by atoms with Gasteiger partial charge in [-0.2, -0.15) is 0 Å². The molecule has 0 bridgehead atoms. The van der Waals surface area contributed by atoms with Gasteiger partial charge in [0.15, 0.2) is 5.76 Å². The molecule has 7 heteroatoms. The van der Waals surface area contributed by atoms with E-state index in [1.54, 1.807) is 19.1 Å². The van der Waals surface area contributed by atoms with Crippen molar-refractivity contribution in [3.05, 3.63) is 58.6 Å². The van der Waals surface area contributed by atoms with Crippen LogP contribution in [0.25, 0.3) is 10.6 Å². The van der Waals surface area contributed by atoms with E-state index in [2.05, 4.69) is 9.88 Å². The lowest BCUT2D eigenvalue weighted by molar-refractivity contribution is 0.433. The minimum Gasteiger partial charge on any atom is -0.355 e. The van der Waals surface area contributed by atoms with Crippen molar-refractivity contribution in [3.63, 3.8) is 0 Å². The van der Waals surface area contributed by atoms with Gasteiger partial charge >= 0.3 is 0 Å². The minimum atomic E-state index is -3.57. The summed E-state index contributed by atoms with van der Waals surface area (Å²) in [6, 6.07) is 11.1. The van der Waals surface area contributed by atoms with E-state index in [1.165, 1.54) is 17.5 Å². The first-order valence-electron chi connectivity index (χ1n) is 7.02. The molecule has 120 valence electrons. The van der Waals surface area contributed by atoms with Crippen molar-refractivity contribution in [3.8, 4) is 10.6 Å². The molecule has 1 N–H and O–H groups in total. The lowest BCUT2D eigenvalue weighted by atomic mass is 10.2. The zero-order valence-electron chi connectivity index (χ0n) is 12.7. The molecule has 0 fully saturated rings. The summed E-state index contributed by atoms with van der Waals surface area (Å²) >= 11 is 1.37. The highest BCUT2D eigenvalue weighted by molar-refractivity contribution is 7.89. The molecule has 0 unspecified atom stereocenters. The third kappa shape index (κ3) is 3.52. The second-order valence-electron chi connectivity index (χ2n) is 5.22. The Morgan fingerprint density at radius 1 is 1.17 bits per heavy atom. The first-order chi connectivity index (χ1) is 11.0. The molecule has 0 aliphatic carbocycles. The highest BCUT2D eigenvalue weighted by Crippen LogP contribution is 2.33. The third-order valence-corrected chi connectivity index (χ3v) is 6.15. The van der Waals surface area contributed by atoms with Crippen LogP contribution < -0.4 is 4.72 Å². The van der Waals surface area contributed by atoms with Crippen molar-refractivity contribution in [1.82, 2.24) is 9.88 Å². The lowest BCUT2D eigenvalue weighted by Crippen LogP contribution is -2.23. The molecule has 5 nitrogen and oxygen atoms in total. The minimum absolute atomic E-state index is 0.259. The number of thiophene rings is 1. The predicted octanol–water partition coefficient (Wildman–Crippen LogP) is 3.50. The van der Waals surface area contributed by atoms with Crippen molar-refractivity contribution in [2.45, 2.75) is 25.3 Å². The standard InChI is InChI=1S/C16H16N2O3S2/c1-11-3-5-13(6-4-11)10-18-23(19,20)16-9-15(22-12(16)2)14-7-8-17-21-14/h3-9,18H,10H2,1-2H3. The molecule has 1 aromatic carbocycles. The molecule has 0 spiro atoms. The first-order valence-corrected chi connectivity index (χ1v) is 9.32. The van der Waals surface area contributed by atoms with Crippen LogP contribution >= 0.6 is 11.3 Å². The largest absolute Gasteiger partial charge is 0.355 e. The SMILES string of the molecule is Cc1ccc(CNS(=O)(=O)c2cc(-c3ccno3)sc2C)cc1. The maximum absolute atomic E-state index is 12.5. The summed E-state index contributed by atoms with van der Waals surface area (Å²) in [7, 11) is -3.57. The number of hydrogen-bond acceptors (Lipinski definition) is 5. The number of nitrogens with one attached hydrogen (secondary N) is 1. The topological polar surface area (TPSA) is 72.2 Å². The molecule has 0 aliphatic heterocycles. The molecule has 0 radical (unpaired) electrons. The van der Waals surface area contributed by atoms with Crippen LogP contribution in [0.3, 0.4) is 0 Å². The van der Waals surface area contributed by atoms with Crippen LogP contribution in [0.15, 0.2) is 52.0 Å². The maximum Gasteiger partial charge on any atom is 0.241 e. The van der Waals surface area contributed by atoms with E-state index in [9.17, 15) is 8.42 Å². The molecular weight excluding hydrogens is 332 g/mol. The van der Waals surface area contributed by atoms with Crippen LogP contribution in [0.4, 0.5) is 0 Å². The molecule has 2 heterocycles. The van der Waals surface area contributed by atoms with E-state index in [-0.39, 0.29) is 11.4 Å². The van der Waals surface area contributed by atoms with Crippen molar-refractivity contribution in [1.29, 1.82) is 0 Å². The van der Waals surface area contributed by atoms with Crippen LogP contribution in [0, 0.1) is 13.8 Å². The van der Waals surface area contributed by atoms with E-state index in [0.29, 0.717) is 10.6 Å². The van der Waals surface area contributed by atoms with E-state index in [1.807, 2.05) is 31.2 Å². The Balaban J connectivity index is 1.81. The summed E-state index contributed by atoms with van der Waals surface area (Å²) in [5.41, 5.74) is 2.06. The number of rotatable bonds is 5. The number of aromatic nitrogens is 1. The molecule has 0 aliphatic rings. The Labute approximate surface area is 139 Å². The molecule has 2 aromatic heterocycles. The predicted molar refractivity (Wildman–Crippen MR) is 89.8 cm³/mol. The quantitative estimate of drug-likeness (QED) is 0.766. The zero-order valence-corrected chi connectivity index (χ0v) is 14.4. The maximum atomic E-state index is 12.5. The van der Waals surface area contributed by atoms with Gasteiger partial charge in [-0.25, -0.2) is 13.1 Å². The van der Waals surface area contributed by atoms with Crippen LogP contribution in [0.2, 0.25) is 0 Å². The Morgan fingerprint density at radius 3 is 2.57 bits per heavy atom. The van der Waals surface area contributed by atoms with Crippen LogP contribution in [-0.2, 0) is 16.6 Å². The second-order valence-corrected chi connectivity index (χ2v) is 8.21.